The number of carbonyl (C=O) groups is 2. The first-order chi connectivity index (χ1) is 12.3. The maximum Gasteiger partial charge on any atom is 0.327 e. The number of carboxylic acids is 1. The number of aliphatic carboxylic acids is 1. The topological polar surface area (TPSA) is 95.7 Å². The van der Waals surface area contributed by atoms with Crippen molar-refractivity contribution in [3.05, 3.63) is 36.7 Å². The summed E-state index contributed by atoms with van der Waals surface area (Å²) in [6.45, 7) is 7.40. The Morgan fingerprint density at radius 1 is 1.42 bits per heavy atom. The quantitative estimate of drug-likeness (QED) is 0.795. The zero-order valence-corrected chi connectivity index (χ0v) is 15.2. The largest absolute Gasteiger partial charge is 0.480 e. The molecule has 0 unspecified atom stereocenters. The molecule has 2 saturated heterocycles. The molecule has 0 bridgehead atoms. The fourth-order valence-corrected chi connectivity index (χ4v) is 5.67. The summed E-state index contributed by atoms with van der Waals surface area (Å²) in [7, 11) is 0. The molecule has 1 aromatic heterocycles. The molecule has 26 heavy (non-hydrogen) atoms. The summed E-state index contributed by atoms with van der Waals surface area (Å²) in [5, 5.41) is 20.1. The van der Waals surface area contributed by atoms with E-state index in [1.807, 2.05) is 38.1 Å². The number of benzene rings is 1. The number of aliphatic hydroxyl groups is 1. The highest BCUT2D eigenvalue weighted by Crippen LogP contribution is 2.56. The van der Waals surface area contributed by atoms with Gasteiger partial charge in [0, 0.05) is 10.9 Å². The van der Waals surface area contributed by atoms with Gasteiger partial charge in [0.2, 0.25) is 5.91 Å². The van der Waals surface area contributed by atoms with Crippen molar-refractivity contribution in [2.45, 2.75) is 36.1 Å². The number of carbonyl (C=O) groups excluding carboxylic acids is 1. The molecule has 3 heterocycles. The summed E-state index contributed by atoms with van der Waals surface area (Å²) < 4.78 is 1.05. The molecule has 0 saturated carbocycles. The number of carboxylic acid groups (broad SMARTS) is 1. The van der Waals surface area contributed by atoms with Gasteiger partial charge in [-0.1, -0.05) is 18.7 Å². The van der Waals surface area contributed by atoms with E-state index in [9.17, 15) is 19.8 Å². The average molecular weight is 373 g/mol. The number of hydrogen-bond donors (Lipinski definition) is 2. The van der Waals surface area contributed by atoms with Gasteiger partial charge in [-0.2, -0.15) is 0 Å². The van der Waals surface area contributed by atoms with Crippen molar-refractivity contribution in [2.24, 2.45) is 5.92 Å². The van der Waals surface area contributed by atoms with Crippen LogP contribution in [0.3, 0.4) is 0 Å². The fourth-order valence-electron chi connectivity index (χ4n) is 3.96. The van der Waals surface area contributed by atoms with Crippen LogP contribution in [0.25, 0.3) is 17.2 Å². The van der Waals surface area contributed by atoms with E-state index in [-0.39, 0.29) is 11.3 Å². The summed E-state index contributed by atoms with van der Waals surface area (Å²) in [5.41, 5.74) is 1.50. The van der Waals surface area contributed by atoms with Gasteiger partial charge in [0.25, 0.3) is 0 Å². The molecule has 2 aliphatic rings. The maximum absolute atomic E-state index is 12.7. The molecule has 2 fully saturated rings. The lowest BCUT2D eigenvalue weighted by atomic mass is 9.87. The lowest BCUT2D eigenvalue weighted by Crippen LogP contribution is -2.64. The zero-order chi connectivity index (χ0) is 18.8. The summed E-state index contributed by atoms with van der Waals surface area (Å²) >= 11 is 1.41. The molecule has 2 aromatic rings. The van der Waals surface area contributed by atoms with Gasteiger partial charge in [-0.25, -0.2) is 9.78 Å². The molecule has 4 rings (SSSR count). The number of rotatable bonds is 4. The molecule has 8 heteroatoms. The Balaban J connectivity index is 1.71. The van der Waals surface area contributed by atoms with Gasteiger partial charge < -0.3 is 19.7 Å². The Morgan fingerprint density at radius 2 is 2.12 bits per heavy atom. The van der Waals surface area contributed by atoms with Crippen molar-refractivity contribution in [1.29, 1.82) is 0 Å². The van der Waals surface area contributed by atoms with Crippen LogP contribution in [0.4, 0.5) is 0 Å². The number of nitrogens with zero attached hydrogens (tertiary/aromatic N) is 3. The molecular formula is C18H19N3O4S. The van der Waals surface area contributed by atoms with E-state index in [0.717, 1.165) is 5.52 Å². The second kappa shape index (κ2) is 5.59. The summed E-state index contributed by atoms with van der Waals surface area (Å²) in [4.78, 5) is 30.2. The van der Waals surface area contributed by atoms with E-state index in [0.29, 0.717) is 11.3 Å². The number of imidazole rings is 1. The number of β-lactam (4-membered cyclic amide) rings is 1. The van der Waals surface area contributed by atoms with Crippen LogP contribution in [0.2, 0.25) is 0 Å². The van der Waals surface area contributed by atoms with Gasteiger partial charge in [0.1, 0.15) is 23.9 Å². The Morgan fingerprint density at radius 3 is 2.77 bits per heavy atom. The van der Waals surface area contributed by atoms with E-state index in [1.165, 1.54) is 16.7 Å². The van der Waals surface area contributed by atoms with Crippen LogP contribution in [0, 0.1) is 5.92 Å². The van der Waals surface area contributed by atoms with E-state index in [1.54, 1.807) is 10.8 Å². The Kier molecular flexibility index (Phi) is 3.68. The van der Waals surface area contributed by atoms with Gasteiger partial charge >= 0.3 is 5.97 Å². The van der Waals surface area contributed by atoms with Gasteiger partial charge in [0.15, 0.2) is 0 Å². The molecule has 0 aliphatic carbocycles. The molecule has 1 aromatic carbocycles. The second-order valence-electron chi connectivity index (χ2n) is 7.08. The molecule has 4 atom stereocenters. The Labute approximate surface area is 154 Å². The summed E-state index contributed by atoms with van der Waals surface area (Å²) in [5.74, 6) is -1.75. The van der Waals surface area contributed by atoms with Crippen molar-refractivity contribution in [3.63, 3.8) is 0 Å². The van der Waals surface area contributed by atoms with E-state index < -0.39 is 28.8 Å². The van der Waals surface area contributed by atoms with Crippen molar-refractivity contribution in [1.82, 2.24) is 14.5 Å². The van der Waals surface area contributed by atoms with Crippen LogP contribution in [0.15, 0.2) is 30.8 Å². The lowest BCUT2D eigenvalue weighted by molar-refractivity contribution is -0.169. The minimum Gasteiger partial charge on any atom is -0.480 e. The van der Waals surface area contributed by atoms with Gasteiger partial charge in [-0.3, -0.25) is 4.79 Å². The van der Waals surface area contributed by atoms with Gasteiger partial charge in [-0.05, 0) is 26.0 Å². The zero-order valence-electron chi connectivity index (χ0n) is 14.4. The highest BCUT2D eigenvalue weighted by atomic mass is 32.2. The van der Waals surface area contributed by atoms with Crippen molar-refractivity contribution < 1.29 is 19.8 Å². The third-order valence-electron chi connectivity index (χ3n) is 5.13. The molecule has 2 N–H and O–H groups in total. The molecule has 0 radical (unpaired) electrons. The number of hydrogen-bond acceptors (Lipinski definition) is 5. The van der Waals surface area contributed by atoms with Crippen molar-refractivity contribution in [2.75, 3.05) is 0 Å². The standard InChI is InChI=1S/C18H19N3O4S/c1-4-20-10-8-6-5-7-9(10)19-14(20)12(22)11-15(23)21-13(17(24)25)18(2,3)26-16(11)21/h4-8,11-13,16,22H,1H2,2-3H3,(H,24,25)/t11-,12+,13+,16-/m1/s1. The molecule has 2 aliphatic heterocycles. The van der Waals surface area contributed by atoms with Crippen LogP contribution >= 0.6 is 11.8 Å². The van der Waals surface area contributed by atoms with E-state index in [4.69, 9.17) is 0 Å². The van der Waals surface area contributed by atoms with Crippen LogP contribution in [-0.2, 0) is 9.59 Å². The first-order valence-corrected chi connectivity index (χ1v) is 9.16. The van der Waals surface area contributed by atoms with Gasteiger partial charge in [0.05, 0.1) is 16.4 Å². The smallest absolute Gasteiger partial charge is 0.327 e. The lowest BCUT2D eigenvalue weighted by Gasteiger charge is -2.45. The third kappa shape index (κ3) is 2.15. The monoisotopic (exact) mass is 373 g/mol. The fraction of sp³-hybridized carbons (Fsp3) is 0.389. The maximum atomic E-state index is 12.7. The molecule has 1 amide bonds. The van der Waals surface area contributed by atoms with Crippen molar-refractivity contribution >= 4 is 40.9 Å². The second-order valence-corrected chi connectivity index (χ2v) is 8.85. The Hall–Kier alpha value is -2.32. The summed E-state index contributed by atoms with van der Waals surface area (Å²) in [6, 6.07) is 6.51. The van der Waals surface area contributed by atoms with Gasteiger partial charge in [-0.15, -0.1) is 11.8 Å². The van der Waals surface area contributed by atoms with Crippen LogP contribution in [0.1, 0.15) is 25.8 Å². The third-order valence-corrected chi connectivity index (χ3v) is 6.72. The summed E-state index contributed by atoms with van der Waals surface area (Å²) in [6.07, 6.45) is 0.422. The van der Waals surface area contributed by atoms with Crippen LogP contribution in [-0.4, -0.2) is 52.7 Å². The van der Waals surface area contributed by atoms with E-state index in [2.05, 4.69) is 11.6 Å². The van der Waals surface area contributed by atoms with Crippen LogP contribution in [0.5, 0.6) is 0 Å². The normalized spacial score (nSPS) is 27.9. The predicted octanol–water partition coefficient (Wildman–Crippen LogP) is 1.93. The average Bonchev–Trinajstić information content (AvgIpc) is 3.07. The predicted molar refractivity (Wildman–Crippen MR) is 98.3 cm³/mol. The number of aliphatic hydroxyl groups excluding tert-OH is 1. The highest BCUT2D eigenvalue weighted by molar-refractivity contribution is 8.01. The SMILES string of the molecule is C=Cn1c([C@@H](O)[C@@H]2C(=O)N3[C@@H]2SC(C)(C)[C@@H]3C(=O)O)nc2ccccc21. The number of thioether (sulfide) groups is 1. The number of fused-ring (bicyclic) bond motifs is 2. The first-order valence-electron chi connectivity index (χ1n) is 8.28. The van der Waals surface area contributed by atoms with E-state index >= 15 is 0 Å². The minimum absolute atomic E-state index is 0.344. The minimum atomic E-state index is -1.13. The number of aromatic nitrogens is 2. The van der Waals surface area contributed by atoms with Crippen molar-refractivity contribution in [3.8, 4) is 0 Å². The highest BCUT2D eigenvalue weighted by Gasteiger charge is 2.65. The number of amides is 1. The first kappa shape index (κ1) is 17.1. The van der Waals surface area contributed by atoms with Crippen LogP contribution < -0.4 is 0 Å². The molecule has 136 valence electrons. The molecular weight excluding hydrogens is 354 g/mol. The Bertz CT molecular complexity index is 938. The molecule has 7 nitrogen and oxygen atoms in total. The molecule has 0 spiro atoms. The number of para-hydroxylation sites is 2.